The van der Waals surface area contributed by atoms with Crippen LogP contribution < -0.4 is 10.2 Å². The smallest absolute Gasteiger partial charge is 0.227 e. The number of hydrogen-bond donors (Lipinski definition) is 1. The molecule has 0 fully saturated rings. The fourth-order valence-corrected chi connectivity index (χ4v) is 4.17. The molecule has 0 radical (unpaired) electrons. The number of carbonyl (C=O) groups excluding carboxylic acids is 1. The lowest BCUT2D eigenvalue weighted by Gasteiger charge is -2.22. The number of guanidine groups is 1. The topological polar surface area (TPSA) is 52.9 Å². The molecular formula is C21H28BrN5O. The molecule has 3 rings (SSSR count). The normalized spacial score (nSPS) is 13.6. The Bertz CT molecular complexity index is 860. The van der Waals surface area contributed by atoms with E-state index in [1.165, 1.54) is 11.3 Å². The molecule has 0 spiro atoms. The third kappa shape index (κ3) is 4.76. The van der Waals surface area contributed by atoms with Gasteiger partial charge in [0.25, 0.3) is 0 Å². The summed E-state index contributed by atoms with van der Waals surface area (Å²) in [6.07, 6.45) is 4.31. The lowest BCUT2D eigenvalue weighted by atomic mass is 10.2. The molecule has 1 aromatic carbocycles. The van der Waals surface area contributed by atoms with Gasteiger partial charge < -0.3 is 19.7 Å². The summed E-state index contributed by atoms with van der Waals surface area (Å²) in [6.45, 7) is 2.27. The fourth-order valence-electron chi connectivity index (χ4n) is 3.60. The third-order valence-corrected chi connectivity index (χ3v) is 5.52. The van der Waals surface area contributed by atoms with Crippen molar-refractivity contribution in [1.29, 1.82) is 0 Å². The molecule has 28 heavy (non-hydrogen) atoms. The molecule has 1 amide bonds. The summed E-state index contributed by atoms with van der Waals surface area (Å²) in [5, 5.41) is 3.37. The Labute approximate surface area is 175 Å². The zero-order chi connectivity index (χ0) is 20.1. The van der Waals surface area contributed by atoms with Gasteiger partial charge in [0.15, 0.2) is 5.96 Å². The monoisotopic (exact) mass is 445 g/mol. The summed E-state index contributed by atoms with van der Waals surface area (Å²) in [4.78, 5) is 21.0. The average Bonchev–Trinajstić information content (AvgIpc) is 3.24. The first kappa shape index (κ1) is 20.5. The largest absolute Gasteiger partial charge is 0.356 e. The van der Waals surface area contributed by atoms with Crippen LogP contribution in [0, 0.1) is 0 Å². The number of rotatable bonds is 6. The van der Waals surface area contributed by atoms with E-state index in [1.807, 2.05) is 43.4 Å². The number of aliphatic imine (C=N–C) groups is 1. The molecule has 1 N–H and O–H groups in total. The Balaban J connectivity index is 1.45. The van der Waals surface area contributed by atoms with Crippen LogP contribution in [0.25, 0.3) is 0 Å². The van der Waals surface area contributed by atoms with Crippen molar-refractivity contribution in [2.75, 3.05) is 32.1 Å². The van der Waals surface area contributed by atoms with Gasteiger partial charge in [0.1, 0.15) is 0 Å². The molecule has 1 aliphatic heterocycles. The first-order valence-corrected chi connectivity index (χ1v) is 10.4. The maximum atomic E-state index is 12.6. The minimum atomic E-state index is 0.198. The lowest BCUT2D eigenvalue weighted by molar-refractivity contribution is -0.118. The Morgan fingerprint density at radius 1 is 1.36 bits per heavy atom. The Morgan fingerprint density at radius 2 is 2.14 bits per heavy atom. The van der Waals surface area contributed by atoms with Crippen molar-refractivity contribution < 1.29 is 4.79 Å². The van der Waals surface area contributed by atoms with E-state index >= 15 is 0 Å². The summed E-state index contributed by atoms with van der Waals surface area (Å²) < 4.78 is 3.17. The highest BCUT2D eigenvalue weighted by atomic mass is 79.9. The number of carbonyl (C=O) groups is 1. The molecule has 1 aliphatic rings. The van der Waals surface area contributed by atoms with Gasteiger partial charge in [0.2, 0.25) is 5.91 Å². The van der Waals surface area contributed by atoms with Gasteiger partial charge in [-0.15, -0.1) is 0 Å². The second-order valence-corrected chi connectivity index (χ2v) is 8.03. The Morgan fingerprint density at radius 3 is 2.86 bits per heavy atom. The Hall–Kier alpha value is -2.28. The molecule has 0 aliphatic carbocycles. The number of nitrogens with one attached hydrogen (secondary N) is 1. The molecule has 2 heterocycles. The second kappa shape index (κ2) is 9.28. The Kier molecular flexibility index (Phi) is 6.78. The van der Waals surface area contributed by atoms with Gasteiger partial charge in [-0.1, -0.05) is 18.2 Å². The quantitative estimate of drug-likeness (QED) is 0.422. The van der Waals surface area contributed by atoms with Crippen molar-refractivity contribution in [3.05, 3.63) is 52.3 Å². The second-order valence-electron chi connectivity index (χ2n) is 7.12. The van der Waals surface area contributed by atoms with Crippen molar-refractivity contribution in [2.24, 2.45) is 12.0 Å². The van der Waals surface area contributed by atoms with Crippen LogP contribution in [0.15, 0.2) is 46.0 Å². The number of fused-ring (bicyclic) bond motifs is 1. The summed E-state index contributed by atoms with van der Waals surface area (Å²) in [6, 6.07) is 10.3. The van der Waals surface area contributed by atoms with Crippen LogP contribution in [-0.4, -0.2) is 48.5 Å². The van der Waals surface area contributed by atoms with Crippen LogP contribution in [-0.2, 0) is 24.8 Å². The number of para-hydroxylation sites is 1. The number of halogens is 1. The van der Waals surface area contributed by atoms with Gasteiger partial charge in [-0.3, -0.25) is 9.79 Å². The van der Waals surface area contributed by atoms with Gasteiger partial charge in [-0.25, -0.2) is 0 Å². The molecule has 2 aromatic rings. The van der Waals surface area contributed by atoms with E-state index in [4.69, 9.17) is 0 Å². The number of aromatic nitrogens is 1. The van der Waals surface area contributed by atoms with Crippen LogP contribution in [0.5, 0.6) is 0 Å². The highest BCUT2D eigenvalue weighted by molar-refractivity contribution is 9.10. The van der Waals surface area contributed by atoms with Crippen molar-refractivity contribution >= 4 is 33.5 Å². The SMILES string of the molecule is CN=C(NCCCC(=O)N1CCc2ccccc21)N(C)Cc1cc(Br)cn1C. The van der Waals surface area contributed by atoms with E-state index in [1.54, 1.807) is 7.05 Å². The molecule has 0 atom stereocenters. The van der Waals surface area contributed by atoms with E-state index in [9.17, 15) is 4.79 Å². The molecule has 0 saturated heterocycles. The predicted molar refractivity (Wildman–Crippen MR) is 118 cm³/mol. The van der Waals surface area contributed by atoms with Gasteiger partial charge in [-0.05, 0) is 46.5 Å². The van der Waals surface area contributed by atoms with Crippen LogP contribution in [0.4, 0.5) is 5.69 Å². The summed E-state index contributed by atoms with van der Waals surface area (Å²) in [7, 11) is 5.83. The molecular weight excluding hydrogens is 418 g/mol. The minimum Gasteiger partial charge on any atom is -0.356 e. The summed E-state index contributed by atoms with van der Waals surface area (Å²) >= 11 is 3.51. The maximum Gasteiger partial charge on any atom is 0.227 e. The highest BCUT2D eigenvalue weighted by Crippen LogP contribution is 2.28. The maximum absolute atomic E-state index is 12.6. The molecule has 0 bridgehead atoms. The van der Waals surface area contributed by atoms with Gasteiger partial charge >= 0.3 is 0 Å². The third-order valence-electron chi connectivity index (χ3n) is 5.09. The van der Waals surface area contributed by atoms with E-state index in [-0.39, 0.29) is 5.91 Å². The van der Waals surface area contributed by atoms with Crippen molar-refractivity contribution in [3.63, 3.8) is 0 Å². The number of amides is 1. The highest BCUT2D eigenvalue weighted by Gasteiger charge is 2.23. The number of anilines is 1. The molecule has 1 aromatic heterocycles. The summed E-state index contributed by atoms with van der Waals surface area (Å²) in [5.41, 5.74) is 3.54. The van der Waals surface area contributed by atoms with Crippen LogP contribution in [0.1, 0.15) is 24.1 Å². The van der Waals surface area contributed by atoms with E-state index in [0.29, 0.717) is 6.42 Å². The van der Waals surface area contributed by atoms with Gasteiger partial charge in [0, 0.05) is 62.7 Å². The number of benzene rings is 1. The zero-order valence-corrected chi connectivity index (χ0v) is 18.4. The molecule has 7 heteroatoms. The van der Waals surface area contributed by atoms with Crippen molar-refractivity contribution in [1.82, 2.24) is 14.8 Å². The molecule has 0 unspecified atom stereocenters. The van der Waals surface area contributed by atoms with Crippen molar-refractivity contribution in [2.45, 2.75) is 25.8 Å². The standard InChI is InChI=1S/C21H28BrN5O/c1-23-21(26(3)15-18-13-17(22)14-25(18)2)24-11-6-9-20(28)27-12-10-16-7-4-5-8-19(16)27/h4-5,7-8,13-14H,6,9-12,15H2,1-3H3,(H,23,24). The predicted octanol–water partition coefficient (Wildman–Crippen LogP) is 3.16. The molecule has 150 valence electrons. The average molecular weight is 446 g/mol. The number of aryl methyl sites for hydroxylation is 1. The van der Waals surface area contributed by atoms with Crippen LogP contribution in [0.2, 0.25) is 0 Å². The zero-order valence-electron chi connectivity index (χ0n) is 16.8. The van der Waals surface area contributed by atoms with E-state index < -0.39 is 0 Å². The van der Waals surface area contributed by atoms with Crippen LogP contribution in [0.3, 0.4) is 0 Å². The number of nitrogens with zero attached hydrogens (tertiary/aromatic N) is 4. The van der Waals surface area contributed by atoms with Gasteiger partial charge in [-0.2, -0.15) is 0 Å². The van der Waals surface area contributed by atoms with Crippen LogP contribution >= 0.6 is 15.9 Å². The summed E-state index contributed by atoms with van der Waals surface area (Å²) in [5.74, 6) is 1.03. The van der Waals surface area contributed by atoms with Crippen molar-refractivity contribution in [3.8, 4) is 0 Å². The lowest BCUT2D eigenvalue weighted by Crippen LogP contribution is -2.39. The van der Waals surface area contributed by atoms with E-state index in [0.717, 1.165) is 48.6 Å². The molecule has 0 saturated carbocycles. The van der Waals surface area contributed by atoms with Gasteiger partial charge in [0.05, 0.1) is 6.54 Å². The van der Waals surface area contributed by atoms with E-state index in [2.05, 4.69) is 47.8 Å². The molecule has 6 nitrogen and oxygen atoms in total. The fraction of sp³-hybridized carbons (Fsp3) is 0.429. The number of hydrogen-bond acceptors (Lipinski definition) is 2. The first-order valence-electron chi connectivity index (χ1n) is 9.60. The minimum absolute atomic E-state index is 0.198. The first-order chi connectivity index (χ1) is 13.5.